The minimum absolute atomic E-state index is 1.10. The summed E-state index contributed by atoms with van der Waals surface area (Å²) in [6.07, 6.45) is 7.87. The minimum atomic E-state index is 1.10. The van der Waals surface area contributed by atoms with Crippen molar-refractivity contribution < 1.29 is 0 Å². The van der Waals surface area contributed by atoms with Crippen molar-refractivity contribution in [2.75, 3.05) is 0 Å². The Morgan fingerprint density at radius 3 is 2.72 bits per heavy atom. The number of fused-ring (bicyclic) bond motifs is 1. The van der Waals surface area contributed by atoms with Gasteiger partial charge in [-0.2, -0.15) is 0 Å². The summed E-state index contributed by atoms with van der Waals surface area (Å²) in [5.41, 5.74) is 2.48. The van der Waals surface area contributed by atoms with Crippen LogP contribution >= 0.6 is 0 Å². The summed E-state index contributed by atoms with van der Waals surface area (Å²) in [7, 11) is 0. The second kappa shape index (κ2) is 6.20. The molecule has 0 N–H and O–H groups in total. The smallest absolute Gasteiger partial charge is 0.0111 e. The fraction of sp³-hybridized carbons (Fsp3) is 0.222. The van der Waals surface area contributed by atoms with E-state index in [1.54, 1.807) is 0 Å². The van der Waals surface area contributed by atoms with Crippen LogP contribution in [0.25, 0.3) is 16.8 Å². The van der Waals surface area contributed by atoms with E-state index in [-0.39, 0.29) is 0 Å². The Labute approximate surface area is 110 Å². The molecule has 0 saturated carbocycles. The molecule has 2 rings (SSSR count). The van der Waals surface area contributed by atoms with Gasteiger partial charge in [-0.3, -0.25) is 0 Å². The molecule has 0 bridgehead atoms. The van der Waals surface area contributed by atoms with Gasteiger partial charge < -0.3 is 0 Å². The summed E-state index contributed by atoms with van der Waals surface area (Å²) in [6.45, 7) is 6.31. The lowest BCUT2D eigenvalue weighted by molar-refractivity contribution is 0.800. The van der Waals surface area contributed by atoms with Crippen LogP contribution in [-0.2, 0) is 0 Å². The Balaban J connectivity index is 2.21. The Bertz CT molecular complexity index is 556. The number of unbranched alkanes of at least 4 members (excludes halogenated alkanes) is 1. The highest BCUT2D eigenvalue weighted by Gasteiger charge is 1.96. The Morgan fingerprint density at radius 1 is 1.11 bits per heavy atom. The molecule has 0 heteroatoms. The van der Waals surface area contributed by atoms with Crippen LogP contribution in [0.3, 0.4) is 0 Å². The fourth-order valence-electron chi connectivity index (χ4n) is 2.09. The van der Waals surface area contributed by atoms with Crippen LogP contribution in [0.15, 0.2) is 60.7 Å². The van der Waals surface area contributed by atoms with Crippen LogP contribution in [0.1, 0.15) is 31.7 Å². The zero-order valence-corrected chi connectivity index (χ0v) is 11.0. The van der Waals surface area contributed by atoms with Crippen molar-refractivity contribution in [3.05, 3.63) is 66.3 Å². The molecule has 0 aliphatic heterocycles. The van der Waals surface area contributed by atoms with Gasteiger partial charge in [-0.25, -0.2) is 0 Å². The molecule has 2 aromatic rings. The van der Waals surface area contributed by atoms with Crippen molar-refractivity contribution in [1.29, 1.82) is 0 Å². The number of rotatable bonds is 5. The van der Waals surface area contributed by atoms with Crippen molar-refractivity contribution in [1.82, 2.24) is 0 Å². The average molecular weight is 236 g/mol. The second-order valence-corrected chi connectivity index (χ2v) is 4.66. The first-order valence-electron chi connectivity index (χ1n) is 6.65. The van der Waals surface area contributed by atoms with Crippen LogP contribution in [0, 0.1) is 0 Å². The highest BCUT2D eigenvalue weighted by Crippen LogP contribution is 2.20. The van der Waals surface area contributed by atoms with Crippen LogP contribution in [-0.4, -0.2) is 0 Å². The van der Waals surface area contributed by atoms with Gasteiger partial charge in [-0.05, 0) is 29.2 Å². The summed E-state index contributed by atoms with van der Waals surface area (Å²) >= 11 is 0. The third-order valence-electron chi connectivity index (χ3n) is 3.17. The number of hydrogen-bond donors (Lipinski definition) is 0. The number of hydrogen-bond acceptors (Lipinski definition) is 0. The molecule has 0 spiro atoms. The van der Waals surface area contributed by atoms with E-state index in [2.05, 4.69) is 68.1 Å². The molecule has 18 heavy (non-hydrogen) atoms. The highest BCUT2D eigenvalue weighted by atomic mass is 14.0. The first-order valence-corrected chi connectivity index (χ1v) is 6.65. The van der Waals surface area contributed by atoms with Gasteiger partial charge in [-0.15, -0.1) is 0 Å². The topological polar surface area (TPSA) is 0 Å². The molecular formula is C18H20. The molecule has 0 amide bonds. The van der Waals surface area contributed by atoms with Gasteiger partial charge in [0, 0.05) is 0 Å². The van der Waals surface area contributed by atoms with Gasteiger partial charge in [-0.1, -0.05) is 80.1 Å². The van der Waals surface area contributed by atoms with E-state index in [1.807, 2.05) is 0 Å². The van der Waals surface area contributed by atoms with E-state index in [4.69, 9.17) is 0 Å². The summed E-state index contributed by atoms with van der Waals surface area (Å²) in [4.78, 5) is 0. The lowest BCUT2D eigenvalue weighted by Crippen LogP contribution is -1.79. The van der Waals surface area contributed by atoms with Crippen molar-refractivity contribution >= 4 is 16.8 Å². The molecule has 0 heterocycles. The second-order valence-electron chi connectivity index (χ2n) is 4.66. The van der Waals surface area contributed by atoms with E-state index in [9.17, 15) is 0 Å². The molecule has 0 fully saturated rings. The normalized spacial score (nSPS) is 11.2. The standard InChI is InChI=1S/C18H20/c1-3-4-8-15(2)13-14-17-11-7-10-16-9-5-6-12-18(16)17/h5-7,9-14H,2-4,8H2,1H3/b14-13+. The first-order chi connectivity index (χ1) is 8.81. The van der Waals surface area contributed by atoms with Gasteiger partial charge in [0.1, 0.15) is 0 Å². The predicted octanol–water partition coefficient (Wildman–Crippen LogP) is 5.60. The van der Waals surface area contributed by atoms with Crippen molar-refractivity contribution in [3.63, 3.8) is 0 Å². The lowest BCUT2D eigenvalue weighted by Gasteiger charge is -2.02. The van der Waals surface area contributed by atoms with Gasteiger partial charge in [0.15, 0.2) is 0 Å². The summed E-state index contributed by atoms with van der Waals surface area (Å²) in [5, 5.41) is 2.60. The monoisotopic (exact) mass is 236 g/mol. The zero-order valence-electron chi connectivity index (χ0n) is 11.0. The van der Waals surface area contributed by atoms with Gasteiger partial charge >= 0.3 is 0 Å². The van der Waals surface area contributed by atoms with E-state index >= 15 is 0 Å². The van der Waals surface area contributed by atoms with Gasteiger partial charge in [0.25, 0.3) is 0 Å². The quantitative estimate of drug-likeness (QED) is 0.593. The minimum Gasteiger partial charge on any atom is -0.0958 e. The largest absolute Gasteiger partial charge is 0.0958 e. The molecule has 0 nitrogen and oxygen atoms in total. The molecule has 0 radical (unpaired) electrons. The van der Waals surface area contributed by atoms with Crippen molar-refractivity contribution in [2.45, 2.75) is 26.2 Å². The molecule has 92 valence electrons. The Morgan fingerprint density at radius 2 is 1.89 bits per heavy atom. The first kappa shape index (κ1) is 12.6. The maximum Gasteiger partial charge on any atom is -0.0111 e. The van der Waals surface area contributed by atoms with Gasteiger partial charge in [0.2, 0.25) is 0 Å². The maximum atomic E-state index is 4.10. The molecule has 0 unspecified atom stereocenters. The lowest BCUT2D eigenvalue weighted by atomic mass is 10.0. The zero-order chi connectivity index (χ0) is 12.8. The van der Waals surface area contributed by atoms with Crippen molar-refractivity contribution in [3.8, 4) is 0 Å². The molecule has 0 saturated heterocycles. The Kier molecular flexibility index (Phi) is 4.35. The molecule has 0 aliphatic carbocycles. The third kappa shape index (κ3) is 3.10. The predicted molar refractivity (Wildman–Crippen MR) is 81.6 cm³/mol. The number of allylic oxidation sites excluding steroid dienone is 2. The highest BCUT2D eigenvalue weighted by molar-refractivity contribution is 5.90. The number of benzene rings is 2. The van der Waals surface area contributed by atoms with E-state index in [0.29, 0.717) is 0 Å². The van der Waals surface area contributed by atoms with Crippen molar-refractivity contribution in [2.24, 2.45) is 0 Å². The summed E-state index contributed by atoms with van der Waals surface area (Å²) in [6, 6.07) is 14.9. The van der Waals surface area contributed by atoms with Crippen LogP contribution < -0.4 is 0 Å². The van der Waals surface area contributed by atoms with E-state index in [1.165, 1.54) is 34.8 Å². The molecular weight excluding hydrogens is 216 g/mol. The van der Waals surface area contributed by atoms with E-state index in [0.717, 1.165) is 6.42 Å². The summed E-state index contributed by atoms with van der Waals surface area (Å²) in [5.74, 6) is 0. The molecule has 0 atom stereocenters. The van der Waals surface area contributed by atoms with Gasteiger partial charge in [0.05, 0.1) is 0 Å². The molecule has 0 aliphatic rings. The average Bonchev–Trinajstić information content (AvgIpc) is 2.42. The Hall–Kier alpha value is -1.82. The summed E-state index contributed by atoms with van der Waals surface area (Å²) < 4.78 is 0. The third-order valence-corrected chi connectivity index (χ3v) is 3.17. The fourth-order valence-corrected chi connectivity index (χ4v) is 2.09. The molecule has 0 aromatic heterocycles. The molecule has 2 aromatic carbocycles. The van der Waals surface area contributed by atoms with E-state index < -0.39 is 0 Å². The van der Waals surface area contributed by atoms with Crippen LogP contribution in [0.5, 0.6) is 0 Å². The SMILES string of the molecule is C=C(/C=C/c1cccc2ccccc12)CCCC. The van der Waals surface area contributed by atoms with Crippen LogP contribution in [0.4, 0.5) is 0 Å². The van der Waals surface area contributed by atoms with Crippen LogP contribution in [0.2, 0.25) is 0 Å². The maximum absolute atomic E-state index is 4.10.